The molecule has 0 radical (unpaired) electrons. The zero-order chi connectivity index (χ0) is 10.6. The van der Waals surface area contributed by atoms with Crippen molar-refractivity contribution in [3.05, 3.63) is 0 Å². The maximum absolute atomic E-state index is 5.42. The number of nitrogens with two attached hydrogens (primary N) is 1. The highest BCUT2D eigenvalue weighted by Crippen LogP contribution is 1.92. The van der Waals surface area contributed by atoms with E-state index in [1.165, 1.54) is 32.5 Å². The van der Waals surface area contributed by atoms with E-state index in [9.17, 15) is 0 Å². The monoisotopic (exact) mass is 201 g/mol. The summed E-state index contributed by atoms with van der Waals surface area (Å²) >= 11 is 0. The zero-order valence-electron chi connectivity index (χ0n) is 9.89. The molecular weight excluding hydrogens is 174 g/mol. The van der Waals surface area contributed by atoms with Gasteiger partial charge in [0.15, 0.2) is 0 Å². The number of nitrogens with zero attached hydrogens (tertiary/aromatic N) is 1. The molecular formula is C11H27N3. The molecule has 0 aliphatic carbocycles. The topological polar surface area (TPSA) is 41.3 Å². The van der Waals surface area contributed by atoms with Crippen LogP contribution in [0.5, 0.6) is 0 Å². The highest BCUT2D eigenvalue weighted by atomic mass is 15.1. The summed E-state index contributed by atoms with van der Waals surface area (Å²) in [5.41, 5.74) is 5.42. The van der Waals surface area contributed by atoms with E-state index < -0.39 is 0 Å². The second-order valence-corrected chi connectivity index (χ2v) is 3.73. The van der Waals surface area contributed by atoms with Crippen LogP contribution in [-0.2, 0) is 0 Å². The van der Waals surface area contributed by atoms with Crippen LogP contribution in [0.25, 0.3) is 0 Å². The summed E-state index contributed by atoms with van der Waals surface area (Å²) < 4.78 is 0. The van der Waals surface area contributed by atoms with Crippen molar-refractivity contribution in [3.8, 4) is 0 Å². The Hall–Kier alpha value is -0.120. The van der Waals surface area contributed by atoms with Crippen molar-refractivity contribution in [3.63, 3.8) is 0 Å². The van der Waals surface area contributed by atoms with Gasteiger partial charge in [0.05, 0.1) is 0 Å². The summed E-state index contributed by atoms with van der Waals surface area (Å²) in [5, 5.41) is 3.41. The maximum atomic E-state index is 5.42. The van der Waals surface area contributed by atoms with Gasteiger partial charge in [0.25, 0.3) is 0 Å². The molecule has 0 spiro atoms. The normalized spacial score (nSPS) is 11.1. The average molecular weight is 201 g/mol. The second-order valence-electron chi connectivity index (χ2n) is 3.73. The predicted molar refractivity (Wildman–Crippen MR) is 63.6 cm³/mol. The molecule has 14 heavy (non-hydrogen) atoms. The molecule has 3 nitrogen and oxygen atoms in total. The highest BCUT2D eigenvalue weighted by molar-refractivity contribution is 4.58. The second kappa shape index (κ2) is 11.0. The van der Waals surface area contributed by atoms with Gasteiger partial charge in [-0.15, -0.1) is 0 Å². The first-order chi connectivity index (χ1) is 6.85. The van der Waals surface area contributed by atoms with E-state index >= 15 is 0 Å². The standard InChI is InChI=1S/C11H27N3/c1-3-9-14(10-4-2)11-8-13-7-5-6-12/h13H,3-12H2,1-2H3. The van der Waals surface area contributed by atoms with Crippen LogP contribution < -0.4 is 11.1 Å². The van der Waals surface area contributed by atoms with Gasteiger partial charge in [0, 0.05) is 13.1 Å². The maximum Gasteiger partial charge on any atom is 0.0107 e. The smallest absolute Gasteiger partial charge is 0.0107 e. The largest absolute Gasteiger partial charge is 0.330 e. The molecule has 0 aromatic rings. The lowest BCUT2D eigenvalue weighted by molar-refractivity contribution is 0.274. The predicted octanol–water partition coefficient (Wildman–Crippen LogP) is 1.05. The Morgan fingerprint density at radius 3 is 2.14 bits per heavy atom. The van der Waals surface area contributed by atoms with E-state index in [-0.39, 0.29) is 0 Å². The van der Waals surface area contributed by atoms with Crippen LogP contribution in [0.15, 0.2) is 0 Å². The lowest BCUT2D eigenvalue weighted by atomic mass is 10.3. The molecule has 0 saturated carbocycles. The Bertz CT molecular complexity index is 101. The van der Waals surface area contributed by atoms with Crippen LogP contribution in [0.4, 0.5) is 0 Å². The molecule has 0 heterocycles. The SMILES string of the molecule is CCCN(CCC)CCNCCCN. The fourth-order valence-electron chi connectivity index (χ4n) is 1.56. The third-order valence-electron chi connectivity index (χ3n) is 2.24. The van der Waals surface area contributed by atoms with Gasteiger partial charge in [0.1, 0.15) is 0 Å². The first-order valence-corrected chi connectivity index (χ1v) is 5.98. The van der Waals surface area contributed by atoms with Gasteiger partial charge >= 0.3 is 0 Å². The van der Waals surface area contributed by atoms with Crippen molar-refractivity contribution in [2.45, 2.75) is 33.1 Å². The average Bonchev–Trinajstić information content (AvgIpc) is 2.18. The van der Waals surface area contributed by atoms with Crippen LogP contribution in [0, 0.1) is 0 Å². The van der Waals surface area contributed by atoms with Gasteiger partial charge < -0.3 is 16.0 Å². The van der Waals surface area contributed by atoms with Crippen LogP contribution >= 0.6 is 0 Å². The van der Waals surface area contributed by atoms with Crippen LogP contribution in [0.2, 0.25) is 0 Å². The fourth-order valence-corrected chi connectivity index (χ4v) is 1.56. The highest BCUT2D eigenvalue weighted by Gasteiger charge is 2.00. The minimum Gasteiger partial charge on any atom is -0.330 e. The molecule has 0 fully saturated rings. The molecule has 0 rings (SSSR count). The number of hydrogen-bond acceptors (Lipinski definition) is 3. The van der Waals surface area contributed by atoms with Crippen molar-refractivity contribution in [1.82, 2.24) is 10.2 Å². The Morgan fingerprint density at radius 1 is 1.00 bits per heavy atom. The van der Waals surface area contributed by atoms with Gasteiger partial charge in [-0.3, -0.25) is 0 Å². The van der Waals surface area contributed by atoms with Crippen LogP contribution in [0.1, 0.15) is 33.1 Å². The Labute approximate surface area is 89.0 Å². The van der Waals surface area contributed by atoms with Crippen molar-refractivity contribution >= 4 is 0 Å². The molecule has 0 atom stereocenters. The van der Waals surface area contributed by atoms with E-state index in [1.54, 1.807) is 0 Å². The number of rotatable bonds is 10. The van der Waals surface area contributed by atoms with E-state index in [1.807, 2.05) is 0 Å². The first kappa shape index (κ1) is 13.9. The van der Waals surface area contributed by atoms with Gasteiger partial charge in [-0.1, -0.05) is 13.8 Å². The van der Waals surface area contributed by atoms with Crippen molar-refractivity contribution < 1.29 is 0 Å². The molecule has 3 heteroatoms. The Balaban J connectivity index is 3.30. The van der Waals surface area contributed by atoms with E-state index in [4.69, 9.17) is 5.73 Å². The summed E-state index contributed by atoms with van der Waals surface area (Å²) in [6, 6.07) is 0. The Kier molecular flexibility index (Phi) is 10.9. The molecule has 0 aromatic heterocycles. The first-order valence-electron chi connectivity index (χ1n) is 5.98. The molecule has 0 aliphatic rings. The minimum atomic E-state index is 0.792. The summed E-state index contributed by atoms with van der Waals surface area (Å²) in [4.78, 5) is 2.52. The lowest BCUT2D eigenvalue weighted by Crippen LogP contribution is -2.34. The van der Waals surface area contributed by atoms with E-state index in [2.05, 4.69) is 24.1 Å². The number of hydrogen-bond donors (Lipinski definition) is 2. The van der Waals surface area contributed by atoms with Crippen molar-refractivity contribution in [2.75, 3.05) is 39.3 Å². The minimum absolute atomic E-state index is 0.792. The van der Waals surface area contributed by atoms with Crippen molar-refractivity contribution in [2.24, 2.45) is 5.73 Å². The summed E-state index contributed by atoms with van der Waals surface area (Å²) in [5.74, 6) is 0. The van der Waals surface area contributed by atoms with Gasteiger partial charge in [-0.2, -0.15) is 0 Å². The molecule has 0 bridgehead atoms. The third-order valence-corrected chi connectivity index (χ3v) is 2.24. The van der Waals surface area contributed by atoms with E-state index in [0.717, 1.165) is 26.1 Å². The summed E-state index contributed by atoms with van der Waals surface area (Å²) in [7, 11) is 0. The summed E-state index contributed by atoms with van der Waals surface area (Å²) in [6.45, 7) is 11.1. The summed E-state index contributed by atoms with van der Waals surface area (Å²) in [6.07, 6.45) is 3.59. The third kappa shape index (κ3) is 8.48. The van der Waals surface area contributed by atoms with Gasteiger partial charge in [-0.25, -0.2) is 0 Å². The van der Waals surface area contributed by atoms with Gasteiger partial charge in [0.2, 0.25) is 0 Å². The lowest BCUT2D eigenvalue weighted by Gasteiger charge is -2.20. The van der Waals surface area contributed by atoms with Crippen molar-refractivity contribution in [1.29, 1.82) is 0 Å². The molecule has 0 aromatic carbocycles. The zero-order valence-corrected chi connectivity index (χ0v) is 9.89. The number of nitrogens with one attached hydrogen (secondary N) is 1. The molecule has 0 saturated heterocycles. The van der Waals surface area contributed by atoms with Crippen LogP contribution in [-0.4, -0.2) is 44.2 Å². The van der Waals surface area contributed by atoms with Crippen LogP contribution in [0.3, 0.4) is 0 Å². The molecule has 0 unspecified atom stereocenters. The molecule has 86 valence electrons. The van der Waals surface area contributed by atoms with Gasteiger partial charge in [-0.05, 0) is 45.4 Å². The molecule has 0 aliphatic heterocycles. The Morgan fingerprint density at radius 2 is 1.64 bits per heavy atom. The quantitative estimate of drug-likeness (QED) is 0.519. The molecule has 3 N–H and O–H groups in total. The molecule has 0 amide bonds. The fraction of sp³-hybridized carbons (Fsp3) is 1.00. The van der Waals surface area contributed by atoms with E-state index in [0.29, 0.717) is 0 Å².